The molecule has 0 aliphatic heterocycles. The molecule has 0 spiro atoms. The number of esters is 1. The van der Waals surface area contributed by atoms with Gasteiger partial charge in [-0.1, -0.05) is 46.6 Å². The Bertz CT molecular complexity index is 1200. The summed E-state index contributed by atoms with van der Waals surface area (Å²) in [6.07, 6.45) is 0.511. The lowest BCUT2D eigenvalue weighted by atomic mass is 10.1. The molecular formula is C26H24BrClN2O5. The van der Waals surface area contributed by atoms with Crippen molar-refractivity contribution in [3.8, 4) is 11.5 Å². The molecule has 3 aromatic carbocycles. The lowest BCUT2D eigenvalue weighted by Crippen LogP contribution is -2.22. The van der Waals surface area contributed by atoms with Crippen LogP contribution in [0.2, 0.25) is 5.02 Å². The Labute approximate surface area is 216 Å². The molecule has 0 atom stereocenters. The number of carbonyl (C=O) groups is 3. The zero-order valence-electron chi connectivity index (χ0n) is 19.0. The summed E-state index contributed by atoms with van der Waals surface area (Å²) in [7, 11) is 0. The highest BCUT2D eigenvalue weighted by molar-refractivity contribution is 9.10. The molecule has 0 fully saturated rings. The summed E-state index contributed by atoms with van der Waals surface area (Å²) in [5, 5.41) is 5.93. The second-order valence-corrected chi connectivity index (χ2v) is 8.79. The molecule has 0 saturated carbocycles. The number of hydrogen-bond donors (Lipinski definition) is 2. The molecule has 0 heterocycles. The quantitative estimate of drug-likeness (QED) is 0.282. The highest BCUT2D eigenvalue weighted by Gasteiger charge is 2.12. The van der Waals surface area contributed by atoms with Gasteiger partial charge in [-0.05, 0) is 66.6 Å². The molecule has 0 unspecified atom stereocenters. The van der Waals surface area contributed by atoms with Crippen LogP contribution in [0, 0.1) is 0 Å². The van der Waals surface area contributed by atoms with E-state index in [1.807, 2.05) is 31.2 Å². The van der Waals surface area contributed by atoms with Crippen molar-refractivity contribution >= 4 is 56.7 Å². The number of rotatable bonds is 10. The smallest absolute Gasteiger partial charge is 0.306 e. The maximum absolute atomic E-state index is 12.2. The molecule has 7 nitrogen and oxygen atoms in total. The number of hydrogen-bond acceptors (Lipinski definition) is 5. The predicted molar refractivity (Wildman–Crippen MR) is 139 cm³/mol. The van der Waals surface area contributed by atoms with Gasteiger partial charge in [-0.3, -0.25) is 14.4 Å². The molecule has 2 amide bonds. The van der Waals surface area contributed by atoms with Crippen molar-refractivity contribution in [2.75, 3.05) is 17.2 Å². The highest BCUT2D eigenvalue weighted by Crippen LogP contribution is 2.29. The van der Waals surface area contributed by atoms with Gasteiger partial charge in [0, 0.05) is 22.3 Å². The fraction of sp³-hybridized carbons (Fsp3) is 0.192. The number of benzene rings is 3. The number of carbonyl (C=O) groups excluding carboxylic acids is 3. The van der Waals surface area contributed by atoms with Crippen LogP contribution in [0.15, 0.2) is 71.2 Å². The zero-order valence-corrected chi connectivity index (χ0v) is 21.3. The number of nitrogens with one attached hydrogen (secondary N) is 2. The summed E-state index contributed by atoms with van der Waals surface area (Å²) in [4.78, 5) is 36.2. The summed E-state index contributed by atoms with van der Waals surface area (Å²) < 4.78 is 11.6. The van der Waals surface area contributed by atoms with Gasteiger partial charge in [0.1, 0.15) is 11.5 Å². The highest BCUT2D eigenvalue weighted by atomic mass is 79.9. The van der Waals surface area contributed by atoms with Gasteiger partial charge in [0.05, 0.1) is 11.4 Å². The van der Waals surface area contributed by atoms with Crippen LogP contribution in [0.5, 0.6) is 11.5 Å². The minimum atomic E-state index is -0.634. The lowest BCUT2D eigenvalue weighted by Gasteiger charge is -2.11. The van der Waals surface area contributed by atoms with E-state index >= 15 is 0 Å². The number of aryl methyl sites for hydroxylation is 1. The summed E-state index contributed by atoms with van der Waals surface area (Å²) >= 11 is 9.48. The Morgan fingerprint density at radius 1 is 0.914 bits per heavy atom. The van der Waals surface area contributed by atoms with Crippen LogP contribution in [0.1, 0.15) is 25.3 Å². The molecule has 35 heavy (non-hydrogen) atoms. The first-order chi connectivity index (χ1) is 16.8. The van der Waals surface area contributed by atoms with Crippen LogP contribution in [-0.4, -0.2) is 24.4 Å². The normalized spacial score (nSPS) is 10.4. The summed E-state index contributed by atoms with van der Waals surface area (Å²) in [6, 6.07) is 19.4. The number of ether oxygens (including phenoxy) is 2. The van der Waals surface area contributed by atoms with Crippen LogP contribution in [0.25, 0.3) is 0 Å². The van der Waals surface area contributed by atoms with Crippen molar-refractivity contribution in [3.63, 3.8) is 0 Å². The monoisotopic (exact) mass is 558 g/mol. The molecule has 2 N–H and O–H groups in total. The van der Waals surface area contributed by atoms with Crippen LogP contribution in [-0.2, 0) is 25.5 Å². The molecule has 0 bridgehead atoms. The average Bonchev–Trinajstić information content (AvgIpc) is 2.85. The molecule has 0 radical (unpaired) electrons. The fourth-order valence-corrected chi connectivity index (χ4v) is 3.66. The largest absolute Gasteiger partial charge is 0.456 e. The summed E-state index contributed by atoms with van der Waals surface area (Å²) in [5.74, 6) is -0.342. The van der Waals surface area contributed by atoms with Gasteiger partial charge in [0.2, 0.25) is 5.91 Å². The molecule has 9 heteroatoms. The van der Waals surface area contributed by atoms with Gasteiger partial charge >= 0.3 is 5.97 Å². The molecular weight excluding hydrogens is 536 g/mol. The van der Waals surface area contributed by atoms with E-state index in [0.717, 1.165) is 16.5 Å². The number of amides is 2. The number of halogens is 2. The van der Waals surface area contributed by atoms with E-state index in [1.54, 1.807) is 42.5 Å². The van der Waals surface area contributed by atoms with Crippen molar-refractivity contribution in [3.05, 3.63) is 81.8 Å². The van der Waals surface area contributed by atoms with E-state index in [-0.39, 0.29) is 18.7 Å². The maximum atomic E-state index is 12.2. The molecule has 0 aliphatic carbocycles. The zero-order chi connectivity index (χ0) is 25.2. The van der Waals surface area contributed by atoms with Gasteiger partial charge in [-0.2, -0.15) is 0 Å². The summed E-state index contributed by atoms with van der Waals surface area (Å²) in [5.41, 5.74) is 2.18. The van der Waals surface area contributed by atoms with E-state index in [9.17, 15) is 14.4 Å². The molecule has 3 aromatic rings. The topological polar surface area (TPSA) is 93.7 Å². The van der Waals surface area contributed by atoms with Crippen LogP contribution < -0.4 is 15.4 Å². The van der Waals surface area contributed by atoms with Gasteiger partial charge in [0.25, 0.3) is 5.91 Å². The molecule has 182 valence electrons. The van der Waals surface area contributed by atoms with Crippen molar-refractivity contribution < 1.29 is 23.9 Å². The van der Waals surface area contributed by atoms with Gasteiger partial charge in [-0.25, -0.2) is 0 Å². The first-order valence-corrected chi connectivity index (χ1v) is 12.1. The van der Waals surface area contributed by atoms with Crippen molar-refractivity contribution in [2.24, 2.45) is 0 Å². The van der Waals surface area contributed by atoms with Gasteiger partial charge in [-0.15, -0.1) is 0 Å². The maximum Gasteiger partial charge on any atom is 0.306 e. The van der Waals surface area contributed by atoms with Crippen LogP contribution >= 0.6 is 27.5 Å². The SMILES string of the molecule is CCc1cc(Br)ccc1NC(=O)COC(=O)CCC(=O)Nc1ccc(Oc2ccccc2Cl)cc1. The number of anilines is 2. The van der Waals surface area contributed by atoms with Crippen LogP contribution in [0.3, 0.4) is 0 Å². The lowest BCUT2D eigenvalue weighted by molar-refractivity contribution is -0.147. The van der Waals surface area contributed by atoms with Gasteiger partial charge in [0.15, 0.2) is 6.61 Å². The molecule has 0 saturated heterocycles. The Morgan fingerprint density at radius 3 is 2.37 bits per heavy atom. The minimum Gasteiger partial charge on any atom is -0.456 e. The molecule has 3 rings (SSSR count). The van der Waals surface area contributed by atoms with Gasteiger partial charge < -0.3 is 20.1 Å². The van der Waals surface area contributed by atoms with E-state index in [0.29, 0.717) is 27.9 Å². The second kappa shape index (κ2) is 12.9. The fourth-order valence-electron chi connectivity index (χ4n) is 3.08. The van der Waals surface area contributed by atoms with Crippen LogP contribution in [0.4, 0.5) is 11.4 Å². The number of para-hydroxylation sites is 1. The first-order valence-electron chi connectivity index (χ1n) is 10.9. The average molecular weight is 560 g/mol. The van der Waals surface area contributed by atoms with E-state index in [1.165, 1.54) is 0 Å². The Balaban J connectivity index is 1.39. The Kier molecular flexibility index (Phi) is 9.69. The van der Waals surface area contributed by atoms with E-state index in [2.05, 4.69) is 26.6 Å². The third-order valence-electron chi connectivity index (χ3n) is 4.85. The van der Waals surface area contributed by atoms with Crippen molar-refractivity contribution in [2.45, 2.75) is 26.2 Å². The van der Waals surface area contributed by atoms with E-state index in [4.69, 9.17) is 21.1 Å². The first kappa shape index (κ1) is 26.2. The minimum absolute atomic E-state index is 0.0784. The van der Waals surface area contributed by atoms with E-state index < -0.39 is 18.5 Å². The second-order valence-electron chi connectivity index (χ2n) is 7.47. The third-order valence-corrected chi connectivity index (χ3v) is 5.65. The van der Waals surface area contributed by atoms with Crippen molar-refractivity contribution in [1.82, 2.24) is 0 Å². The third kappa shape index (κ3) is 8.42. The predicted octanol–water partition coefficient (Wildman–Crippen LogP) is 6.36. The standard InChI is InChI=1S/C26H24BrClN2O5/c1-2-17-15-18(27)7-12-22(17)30-25(32)16-34-26(33)14-13-24(31)29-19-8-10-20(11-9-19)35-23-6-4-3-5-21(23)28/h3-12,15H,2,13-14,16H2,1H3,(H,29,31)(H,30,32). The summed E-state index contributed by atoms with van der Waals surface area (Å²) in [6.45, 7) is 1.55. The Hall–Kier alpha value is -3.36. The Morgan fingerprint density at radius 2 is 1.66 bits per heavy atom. The molecule has 0 aliphatic rings. The molecule has 0 aromatic heterocycles. The van der Waals surface area contributed by atoms with Crippen molar-refractivity contribution in [1.29, 1.82) is 0 Å².